The van der Waals surface area contributed by atoms with Crippen LogP contribution in [0.3, 0.4) is 0 Å². The fourth-order valence-corrected chi connectivity index (χ4v) is 5.60. The zero-order valence-electron chi connectivity index (χ0n) is 23.5. The van der Waals surface area contributed by atoms with E-state index in [1.54, 1.807) is 12.1 Å². The third-order valence-corrected chi connectivity index (χ3v) is 7.74. The van der Waals surface area contributed by atoms with E-state index in [0.717, 1.165) is 84.0 Å². The van der Waals surface area contributed by atoms with Gasteiger partial charge in [0.2, 0.25) is 0 Å². The van der Waals surface area contributed by atoms with E-state index in [4.69, 9.17) is 9.52 Å². The third kappa shape index (κ3) is 5.85. The second-order valence-electron chi connectivity index (χ2n) is 11.0. The number of benzene rings is 3. The van der Waals surface area contributed by atoms with Crippen LogP contribution in [-0.2, 0) is 12.8 Å². The monoisotopic (exact) mass is 543 g/mol. The lowest BCUT2D eigenvalue weighted by molar-refractivity contribution is 0.391. The first-order chi connectivity index (χ1) is 19.9. The van der Waals surface area contributed by atoms with Gasteiger partial charge in [0, 0.05) is 41.4 Å². The van der Waals surface area contributed by atoms with Gasteiger partial charge in [-0.25, -0.2) is 9.38 Å². The molecule has 1 aliphatic carbocycles. The Balaban J connectivity index is 1.26. The van der Waals surface area contributed by atoms with Crippen molar-refractivity contribution in [2.24, 2.45) is 4.99 Å². The summed E-state index contributed by atoms with van der Waals surface area (Å²) in [6.07, 6.45) is 11.1. The Labute approximate surface area is 241 Å². The van der Waals surface area contributed by atoms with Gasteiger partial charge in [0.1, 0.15) is 23.1 Å². The first-order valence-electron chi connectivity index (χ1n) is 14.3. The average Bonchev–Trinajstić information content (AvgIpc) is 3.44. The number of aryl methyl sites for hydroxylation is 1. The average molecular weight is 544 g/mol. The highest BCUT2D eigenvalue weighted by atomic mass is 19.1. The standard InChI is InChI=1S/C36H34FN3O/c1-24(2)8-4-7-11-36-38-35-22-29(14-19-33(35)25(3)40(36)31-17-15-30(37)16-18-31)34-23-32(41-39-34)21-26-12-13-27-9-5-6-10-28(27)20-26/h5,9,12-20,22-23H,1,3-4,6-8,10-11,21H2,2H3. The second-order valence-corrected chi connectivity index (χ2v) is 11.0. The van der Waals surface area contributed by atoms with E-state index >= 15 is 0 Å². The molecule has 0 saturated heterocycles. The van der Waals surface area contributed by atoms with Crippen LogP contribution in [0.5, 0.6) is 0 Å². The van der Waals surface area contributed by atoms with Gasteiger partial charge in [-0.3, -0.25) is 4.90 Å². The van der Waals surface area contributed by atoms with Crippen LogP contribution in [-0.4, -0.2) is 11.0 Å². The van der Waals surface area contributed by atoms with Crippen molar-refractivity contribution in [3.63, 3.8) is 0 Å². The van der Waals surface area contributed by atoms with Crippen LogP contribution >= 0.6 is 0 Å². The van der Waals surface area contributed by atoms with E-state index in [1.807, 2.05) is 23.1 Å². The van der Waals surface area contributed by atoms with Crippen LogP contribution in [0.25, 0.3) is 23.0 Å². The lowest BCUT2D eigenvalue weighted by Gasteiger charge is -2.33. The number of anilines is 1. The predicted molar refractivity (Wildman–Crippen MR) is 167 cm³/mol. The molecule has 0 bridgehead atoms. The first kappa shape index (κ1) is 26.7. The normalized spacial score (nSPS) is 14.0. The molecule has 4 nitrogen and oxygen atoms in total. The molecule has 0 amide bonds. The summed E-state index contributed by atoms with van der Waals surface area (Å²) in [6.45, 7) is 10.5. The highest BCUT2D eigenvalue weighted by Crippen LogP contribution is 2.39. The highest BCUT2D eigenvalue weighted by molar-refractivity contribution is 6.13. The topological polar surface area (TPSA) is 41.6 Å². The van der Waals surface area contributed by atoms with E-state index in [1.165, 1.54) is 34.4 Å². The maximum Gasteiger partial charge on any atom is 0.141 e. The summed E-state index contributed by atoms with van der Waals surface area (Å²) < 4.78 is 19.5. The smallest absolute Gasteiger partial charge is 0.141 e. The van der Waals surface area contributed by atoms with E-state index in [-0.39, 0.29) is 5.82 Å². The molecule has 41 heavy (non-hydrogen) atoms. The van der Waals surface area contributed by atoms with Crippen molar-refractivity contribution in [1.82, 2.24) is 5.16 Å². The third-order valence-electron chi connectivity index (χ3n) is 7.74. The minimum Gasteiger partial charge on any atom is -0.360 e. The number of hydrogen-bond acceptors (Lipinski definition) is 4. The molecule has 6 rings (SSSR count). The number of unbranched alkanes of at least 4 members (excludes halogenated alkanes) is 1. The summed E-state index contributed by atoms with van der Waals surface area (Å²) >= 11 is 0. The number of allylic oxidation sites excluding steroid dienone is 2. The largest absolute Gasteiger partial charge is 0.360 e. The molecular weight excluding hydrogens is 509 g/mol. The Hall–Kier alpha value is -4.51. The van der Waals surface area contributed by atoms with Crippen molar-refractivity contribution >= 4 is 29.0 Å². The van der Waals surface area contributed by atoms with Gasteiger partial charge in [0.25, 0.3) is 0 Å². The molecular formula is C36H34FN3O. The number of nitrogens with zero attached hydrogens (tertiary/aromatic N) is 3. The molecule has 0 fully saturated rings. The van der Waals surface area contributed by atoms with Gasteiger partial charge in [0.05, 0.1) is 5.69 Å². The lowest BCUT2D eigenvalue weighted by atomic mass is 9.94. The fourth-order valence-electron chi connectivity index (χ4n) is 5.60. The quantitative estimate of drug-likeness (QED) is 0.156. The number of halogens is 1. The number of amidine groups is 1. The molecule has 0 N–H and O–H groups in total. The Morgan fingerprint density at radius 1 is 1.02 bits per heavy atom. The Morgan fingerprint density at radius 2 is 1.88 bits per heavy atom. The van der Waals surface area contributed by atoms with Gasteiger partial charge in [-0.2, -0.15) is 0 Å². The van der Waals surface area contributed by atoms with Crippen LogP contribution in [0.2, 0.25) is 0 Å². The number of aliphatic imine (C=N–C) groups is 1. The Bertz CT molecular complexity index is 1680. The van der Waals surface area contributed by atoms with Gasteiger partial charge in [0.15, 0.2) is 0 Å². The summed E-state index contributed by atoms with van der Waals surface area (Å²) in [5, 5.41) is 4.39. The molecule has 206 valence electrons. The molecule has 5 heteroatoms. The van der Waals surface area contributed by atoms with Crippen molar-refractivity contribution in [3.8, 4) is 11.3 Å². The second kappa shape index (κ2) is 11.5. The van der Waals surface area contributed by atoms with Crippen molar-refractivity contribution in [2.75, 3.05) is 4.90 Å². The summed E-state index contributed by atoms with van der Waals surface area (Å²) in [7, 11) is 0. The van der Waals surface area contributed by atoms with Crippen LogP contribution in [0, 0.1) is 5.82 Å². The molecule has 4 aromatic rings. The maximum atomic E-state index is 13.7. The van der Waals surface area contributed by atoms with Gasteiger partial charge in [-0.05, 0) is 86.1 Å². The summed E-state index contributed by atoms with van der Waals surface area (Å²) in [4.78, 5) is 7.14. The van der Waals surface area contributed by atoms with Gasteiger partial charge in [-0.15, -0.1) is 6.58 Å². The highest BCUT2D eigenvalue weighted by Gasteiger charge is 2.25. The molecule has 0 atom stereocenters. The van der Waals surface area contributed by atoms with E-state index < -0.39 is 0 Å². The van der Waals surface area contributed by atoms with E-state index in [0.29, 0.717) is 6.42 Å². The van der Waals surface area contributed by atoms with Crippen molar-refractivity contribution in [3.05, 3.63) is 125 Å². The van der Waals surface area contributed by atoms with Gasteiger partial charge in [-0.1, -0.05) is 59.8 Å². The molecule has 0 radical (unpaired) electrons. The molecule has 1 aliphatic heterocycles. The van der Waals surface area contributed by atoms with Crippen molar-refractivity contribution in [1.29, 1.82) is 0 Å². The summed E-state index contributed by atoms with van der Waals surface area (Å²) in [5.74, 6) is 1.46. The fraction of sp³-hybridized carbons (Fsp3) is 0.222. The van der Waals surface area contributed by atoms with Crippen LogP contribution in [0.4, 0.5) is 15.8 Å². The van der Waals surface area contributed by atoms with Gasteiger partial charge >= 0.3 is 0 Å². The minimum absolute atomic E-state index is 0.267. The Kier molecular flexibility index (Phi) is 7.51. The van der Waals surface area contributed by atoms with Crippen LogP contribution in [0.15, 0.2) is 101 Å². The van der Waals surface area contributed by atoms with Crippen molar-refractivity contribution in [2.45, 2.75) is 51.9 Å². The molecule has 2 aliphatic rings. The molecule has 0 spiro atoms. The van der Waals surface area contributed by atoms with E-state index in [9.17, 15) is 4.39 Å². The molecule has 1 aromatic heterocycles. The molecule has 0 unspecified atom stereocenters. The Morgan fingerprint density at radius 3 is 2.71 bits per heavy atom. The first-order valence-corrected chi connectivity index (χ1v) is 14.3. The molecule has 3 aromatic carbocycles. The minimum atomic E-state index is -0.267. The zero-order valence-corrected chi connectivity index (χ0v) is 23.5. The predicted octanol–water partition coefficient (Wildman–Crippen LogP) is 9.69. The molecule has 2 heterocycles. The van der Waals surface area contributed by atoms with Crippen molar-refractivity contribution < 1.29 is 8.91 Å². The molecule has 0 saturated carbocycles. The van der Waals surface area contributed by atoms with Gasteiger partial charge < -0.3 is 4.52 Å². The zero-order chi connectivity index (χ0) is 28.3. The van der Waals surface area contributed by atoms with E-state index in [2.05, 4.69) is 61.7 Å². The van der Waals surface area contributed by atoms with Crippen LogP contribution < -0.4 is 4.90 Å². The maximum absolute atomic E-state index is 13.7. The van der Waals surface area contributed by atoms with Crippen LogP contribution in [0.1, 0.15) is 67.0 Å². The summed E-state index contributed by atoms with van der Waals surface area (Å²) in [5.41, 5.74) is 10.3. The number of rotatable bonds is 9. The SMILES string of the molecule is C=C(C)CCCCC1=Nc2cc(-c3cc(Cc4ccc5c(c4)CCC=C5)on3)ccc2C(=C)N1c1ccc(F)cc1. The lowest BCUT2D eigenvalue weighted by Crippen LogP contribution is -2.31. The number of aromatic nitrogens is 1. The summed E-state index contributed by atoms with van der Waals surface area (Å²) in [6, 6.07) is 21.3. The number of hydrogen-bond donors (Lipinski definition) is 0. The number of fused-ring (bicyclic) bond motifs is 2.